The fourth-order valence-electron chi connectivity index (χ4n) is 1.73. The Morgan fingerprint density at radius 1 is 1.05 bits per heavy atom. The van der Waals surface area contributed by atoms with Gasteiger partial charge in [-0.3, -0.25) is 0 Å². The van der Waals surface area contributed by atoms with Crippen molar-refractivity contribution in [3.8, 4) is 6.07 Å². The first-order valence-corrected chi connectivity index (χ1v) is 5.79. The number of rotatable bonds is 2. The third-order valence-corrected chi connectivity index (χ3v) is 2.76. The highest BCUT2D eigenvalue weighted by molar-refractivity contribution is 5.92. The van der Waals surface area contributed by atoms with Gasteiger partial charge in [-0.05, 0) is 36.4 Å². The highest BCUT2D eigenvalue weighted by Gasteiger charge is 2.08. The number of hydrogen-bond donors (Lipinski definition) is 2. The van der Waals surface area contributed by atoms with Crippen molar-refractivity contribution in [1.82, 2.24) is 15.4 Å². The number of H-pyrrole nitrogens is 1. The summed E-state index contributed by atoms with van der Waals surface area (Å²) in [6.07, 6.45) is 0. The van der Waals surface area contributed by atoms with E-state index >= 15 is 0 Å². The summed E-state index contributed by atoms with van der Waals surface area (Å²) in [5.41, 5.74) is 9.27. The predicted octanol–water partition coefficient (Wildman–Crippen LogP) is 2.83. The van der Waals surface area contributed by atoms with Crippen molar-refractivity contribution in [1.29, 1.82) is 5.26 Å². The maximum absolute atomic E-state index is 8.73. The topological polar surface area (TPSA) is 116 Å². The maximum atomic E-state index is 8.73. The van der Waals surface area contributed by atoms with Gasteiger partial charge in [0.2, 0.25) is 0 Å². The van der Waals surface area contributed by atoms with Gasteiger partial charge in [0, 0.05) is 0 Å². The van der Waals surface area contributed by atoms with E-state index in [2.05, 4.69) is 25.6 Å². The summed E-state index contributed by atoms with van der Waals surface area (Å²) in [4.78, 5) is 0. The van der Waals surface area contributed by atoms with Crippen molar-refractivity contribution < 1.29 is 0 Å². The van der Waals surface area contributed by atoms with Crippen LogP contribution in [0.3, 0.4) is 0 Å². The van der Waals surface area contributed by atoms with Crippen LogP contribution in [0.2, 0.25) is 0 Å². The molecule has 0 aliphatic carbocycles. The molecule has 1 aromatic heterocycles. The third-order valence-electron chi connectivity index (χ3n) is 2.76. The molecular formula is C13H9N7. The van der Waals surface area contributed by atoms with Gasteiger partial charge in [-0.15, -0.1) is 5.11 Å². The quantitative estimate of drug-likeness (QED) is 0.546. The predicted molar refractivity (Wildman–Crippen MR) is 73.6 cm³/mol. The third kappa shape index (κ3) is 2.06. The van der Waals surface area contributed by atoms with Gasteiger partial charge in [0.25, 0.3) is 0 Å². The second-order valence-electron chi connectivity index (χ2n) is 4.05. The Hall–Kier alpha value is -3.27. The number of hydrogen-bond acceptors (Lipinski definition) is 6. The summed E-state index contributed by atoms with van der Waals surface area (Å²) >= 11 is 0. The number of aromatic amines is 1. The minimum Gasteiger partial charge on any atom is -0.397 e. The summed E-state index contributed by atoms with van der Waals surface area (Å²) in [7, 11) is 0. The molecule has 7 nitrogen and oxygen atoms in total. The summed E-state index contributed by atoms with van der Waals surface area (Å²) in [6.45, 7) is 0. The molecule has 0 bridgehead atoms. The minimum absolute atomic E-state index is 0.473. The molecule has 3 N–H and O–H groups in total. The maximum Gasteiger partial charge on any atom is 0.142 e. The van der Waals surface area contributed by atoms with Gasteiger partial charge >= 0.3 is 0 Å². The number of nitrogens with one attached hydrogen (secondary N) is 1. The molecule has 0 spiro atoms. The summed E-state index contributed by atoms with van der Waals surface area (Å²) < 4.78 is 0. The van der Waals surface area contributed by atoms with Crippen LogP contribution in [0.1, 0.15) is 5.56 Å². The number of nitrogens with two attached hydrogens (primary N) is 1. The zero-order chi connectivity index (χ0) is 13.9. The zero-order valence-corrected chi connectivity index (χ0v) is 10.3. The van der Waals surface area contributed by atoms with Gasteiger partial charge in [-0.2, -0.15) is 25.8 Å². The molecule has 0 atom stereocenters. The molecule has 0 unspecified atom stereocenters. The largest absolute Gasteiger partial charge is 0.397 e. The van der Waals surface area contributed by atoms with E-state index in [1.54, 1.807) is 36.4 Å². The first kappa shape index (κ1) is 11.8. The lowest BCUT2D eigenvalue weighted by molar-refractivity contribution is 0.959. The fourth-order valence-corrected chi connectivity index (χ4v) is 1.73. The molecular weight excluding hydrogens is 254 g/mol. The molecule has 0 saturated heterocycles. The zero-order valence-electron chi connectivity index (χ0n) is 10.3. The average Bonchev–Trinajstić information content (AvgIpc) is 2.95. The van der Waals surface area contributed by atoms with Crippen molar-refractivity contribution in [2.45, 2.75) is 0 Å². The lowest BCUT2D eigenvalue weighted by Crippen LogP contribution is -1.85. The SMILES string of the molecule is N#Cc1ccc(N=Nc2c(N)ccc3n[nH]nc23)cc1. The van der Waals surface area contributed by atoms with Crippen molar-refractivity contribution in [2.24, 2.45) is 10.2 Å². The first-order valence-electron chi connectivity index (χ1n) is 5.79. The number of nitrogen functional groups attached to an aromatic ring is 1. The Morgan fingerprint density at radius 2 is 1.85 bits per heavy atom. The molecule has 0 aliphatic rings. The number of nitriles is 1. The van der Waals surface area contributed by atoms with Crippen LogP contribution in [0.5, 0.6) is 0 Å². The monoisotopic (exact) mass is 263 g/mol. The molecule has 0 aliphatic heterocycles. The fraction of sp³-hybridized carbons (Fsp3) is 0. The van der Waals surface area contributed by atoms with Crippen molar-refractivity contribution in [3.63, 3.8) is 0 Å². The smallest absolute Gasteiger partial charge is 0.142 e. The van der Waals surface area contributed by atoms with E-state index in [9.17, 15) is 0 Å². The summed E-state index contributed by atoms with van der Waals surface area (Å²) in [5.74, 6) is 0. The van der Waals surface area contributed by atoms with Gasteiger partial charge < -0.3 is 5.73 Å². The van der Waals surface area contributed by atoms with Crippen molar-refractivity contribution in [3.05, 3.63) is 42.0 Å². The number of fused-ring (bicyclic) bond motifs is 1. The van der Waals surface area contributed by atoms with E-state index in [0.717, 1.165) is 0 Å². The van der Waals surface area contributed by atoms with E-state index in [1.807, 2.05) is 6.07 Å². The Labute approximate surface area is 113 Å². The van der Waals surface area contributed by atoms with Crippen LogP contribution >= 0.6 is 0 Å². The minimum atomic E-state index is 0.473. The van der Waals surface area contributed by atoms with Crippen LogP contribution in [-0.4, -0.2) is 15.4 Å². The number of azo groups is 1. The number of nitrogens with zero attached hydrogens (tertiary/aromatic N) is 5. The standard InChI is InChI=1S/C13H9N7/c14-7-8-1-3-9(4-2-8)16-18-12-10(15)5-6-11-13(12)19-20-17-11/h1-6H,15H2,(H,17,19,20). The van der Waals surface area contributed by atoms with Gasteiger partial charge in [0.1, 0.15) is 16.7 Å². The van der Waals surface area contributed by atoms with E-state index < -0.39 is 0 Å². The molecule has 3 aromatic rings. The summed E-state index contributed by atoms with van der Waals surface area (Å²) in [6, 6.07) is 12.3. The Balaban J connectivity index is 1.99. The second-order valence-corrected chi connectivity index (χ2v) is 4.05. The molecule has 0 amide bonds. The van der Waals surface area contributed by atoms with Crippen molar-refractivity contribution >= 4 is 28.1 Å². The van der Waals surface area contributed by atoms with E-state index in [0.29, 0.717) is 33.7 Å². The highest BCUT2D eigenvalue weighted by atomic mass is 15.3. The first-order chi connectivity index (χ1) is 9.78. The van der Waals surface area contributed by atoms with E-state index in [1.165, 1.54) is 0 Å². The molecule has 7 heteroatoms. The molecule has 0 fully saturated rings. The van der Waals surface area contributed by atoms with Crippen LogP contribution in [0.25, 0.3) is 11.0 Å². The molecule has 0 radical (unpaired) electrons. The average molecular weight is 263 g/mol. The summed E-state index contributed by atoms with van der Waals surface area (Å²) in [5, 5.41) is 27.5. The highest BCUT2D eigenvalue weighted by Crippen LogP contribution is 2.30. The molecule has 0 saturated carbocycles. The van der Waals surface area contributed by atoms with Gasteiger partial charge in [0.05, 0.1) is 23.0 Å². The lowest BCUT2D eigenvalue weighted by atomic mass is 10.2. The number of aromatic nitrogens is 3. The van der Waals surface area contributed by atoms with Crippen LogP contribution in [-0.2, 0) is 0 Å². The van der Waals surface area contributed by atoms with Crippen molar-refractivity contribution in [2.75, 3.05) is 5.73 Å². The molecule has 3 rings (SSSR count). The molecule has 2 aromatic carbocycles. The molecule has 96 valence electrons. The lowest BCUT2D eigenvalue weighted by Gasteiger charge is -1.98. The molecule has 20 heavy (non-hydrogen) atoms. The van der Waals surface area contributed by atoms with Gasteiger partial charge in [0.15, 0.2) is 0 Å². The van der Waals surface area contributed by atoms with Crippen LogP contribution in [0.15, 0.2) is 46.6 Å². The van der Waals surface area contributed by atoms with Gasteiger partial charge in [-0.25, -0.2) is 0 Å². The normalized spacial score (nSPS) is 10.9. The van der Waals surface area contributed by atoms with Crippen LogP contribution in [0, 0.1) is 11.3 Å². The van der Waals surface area contributed by atoms with Gasteiger partial charge in [-0.1, -0.05) is 0 Å². The van der Waals surface area contributed by atoms with E-state index in [4.69, 9.17) is 11.0 Å². The Kier molecular flexibility index (Phi) is 2.82. The Bertz CT molecular complexity index is 824. The molecule has 1 heterocycles. The van der Waals surface area contributed by atoms with Crippen LogP contribution in [0.4, 0.5) is 17.1 Å². The van der Waals surface area contributed by atoms with E-state index in [-0.39, 0.29) is 0 Å². The second kappa shape index (κ2) is 4.78. The number of benzene rings is 2. The van der Waals surface area contributed by atoms with Crippen LogP contribution < -0.4 is 5.73 Å². The Morgan fingerprint density at radius 3 is 2.60 bits per heavy atom. The number of anilines is 1.